The summed E-state index contributed by atoms with van der Waals surface area (Å²) in [6.07, 6.45) is 0. The van der Waals surface area contributed by atoms with Crippen molar-refractivity contribution in [2.24, 2.45) is 0 Å². The van der Waals surface area contributed by atoms with Gasteiger partial charge in [0, 0.05) is 31.7 Å². The van der Waals surface area contributed by atoms with Crippen LogP contribution in [0.2, 0.25) is 0 Å². The monoisotopic (exact) mass is 290 g/mol. The molecule has 1 fully saturated rings. The molecule has 1 saturated heterocycles. The third kappa shape index (κ3) is 3.79. The highest BCUT2D eigenvalue weighted by Crippen LogP contribution is 2.27. The number of benzene rings is 1. The van der Waals surface area contributed by atoms with Crippen molar-refractivity contribution in [3.05, 3.63) is 29.6 Å². The molecule has 0 saturated carbocycles. The van der Waals surface area contributed by atoms with E-state index in [2.05, 4.69) is 10.2 Å². The third-order valence-corrected chi connectivity index (χ3v) is 3.33. The van der Waals surface area contributed by atoms with E-state index >= 15 is 0 Å². The molecule has 1 atom stereocenters. The lowest BCUT2D eigenvalue weighted by atomic mass is 10.0. The Hall–Kier alpha value is -0.880. The molecule has 1 aliphatic rings. The van der Waals surface area contributed by atoms with Crippen LogP contribution >= 0.6 is 12.4 Å². The molecule has 0 radical (unpaired) electrons. The van der Waals surface area contributed by atoms with Gasteiger partial charge in [-0.25, -0.2) is 4.39 Å². The fourth-order valence-electron chi connectivity index (χ4n) is 2.31. The molecule has 4 nitrogen and oxygen atoms in total. The molecular weight excluding hydrogens is 271 g/mol. The number of hydrogen-bond acceptors (Lipinski definition) is 4. The van der Waals surface area contributed by atoms with Gasteiger partial charge in [-0.2, -0.15) is 0 Å². The van der Waals surface area contributed by atoms with E-state index in [4.69, 9.17) is 4.74 Å². The zero-order valence-corrected chi connectivity index (χ0v) is 11.8. The highest BCUT2D eigenvalue weighted by atomic mass is 35.5. The van der Waals surface area contributed by atoms with Gasteiger partial charge >= 0.3 is 0 Å². The van der Waals surface area contributed by atoms with Crippen LogP contribution in [0.4, 0.5) is 4.39 Å². The van der Waals surface area contributed by atoms with Gasteiger partial charge in [-0.15, -0.1) is 12.4 Å². The Morgan fingerprint density at radius 2 is 2.11 bits per heavy atom. The first-order chi connectivity index (χ1) is 8.76. The van der Waals surface area contributed by atoms with E-state index in [1.807, 2.05) is 0 Å². The molecule has 0 spiro atoms. The molecule has 0 amide bonds. The van der Waals surface area contributed by atoms with Crippen molar-refractivity contribution < 1.29 is 14.2 Å². The van der Waals surface area contributed by atoms with Crippen LogP contribution in [0, 0.1) is 5.82 Å². The van der Waals surface area contributed by atoms with Crippen molar-refractivity contribution in [2.75, 3.05) is 39.9 Å². The molecule has 1 aromatic carbocycles. The zero-order valence-electron chi connectivity index (χ0n) is 10.9. The maximum Gasteiger partial charge on any atom is 0.128 e. The van der Waals surface area contributed by atoms with Gasteiger partial charge < -0.3 is 15.2 Å². The highest BCUT2D eigenvalue weighted by molar-refractivity contribution is 5.85. The van der Waals surface area contributed by atoms with Crippen LogP contribution in [0.3, 0.4) is 0 Å². The normalized spacial score (nSPS) is 17.6. The Balaban J connectivity index is 0.00000180. The zero-order chi connectivity index (χ0) is 13.0. The largest absolute Gasteiger partial charge is 0.497 e. The van der Waals surface area contributed by atoms with Gasteiger partial charge in [0.2, 0.25) is 0 Å². The van der Waals surface area contributed by atoms with Crippen molar-refractivity contribution in [1.82, 2.24) is 10.2 Å². The van der Waals surface area contributed by atoms with E-state index in [0.29, 0.717) is 11.3 Å². The molecule has 2 rings (SSSR count). The Kier molecular flexibility index (Phi) is 6.51. The van der Waals surface area contributed by atoms with Gasteiger partial charge in [-0.05, 0) is 18.2 Å². The van der Waals surface area contributed by atoms with Gasteiger partial charge in [-0.1, -0.05) is 0 Å². The second kappa shape index (κ2) is 7.65. The molecule has 0 bridgehead atoms. The summed E-state index contributed by atoms with van der Waals surface area (Å²) in [7, 11) is 1.55. The summed E-state index contributed by atoms with van der Waals surface area (Å²) in [5, 5.41) is 12.8. The fourth-order valence-corrected chi connectivity index (χ4v) is 2.31. The maximum atomic E-state index is 13.9. The quantitative estimate of drug-likeness (QED) is 0.874. The SMILES string of the molecule is COc1ccc(F)c([C@H](CO)N2CCNCC2)c1.Cl. The minimum Gasteiger partial charge on any atom is -0.497 e. The molecular formula is C13H20ClFN2O2. The van der Waals surface area contributed by atoms with Crippen molar-refractivity contribution in [1.29, 1.82) is 0 Å². The van der Waals surface area contributed by atoms with Crippen molar-refractivity contribution in [3.8, 4) is 5.75 Å². The van der Waals surface area contributed by atoms with Crippen molar-refractivity contribution >= 4 is 12.4 Å². The number of halogens is 2. The summed E-state index contributed by atoms with van der Waals surface area (Å²) in [6.45, 7) is 3.25. The number of hydrogen-bond donors (Lipinski definition) is 2. The molecule has 0 aromatic heterocycles. The number of nitrogens with zero attached hydrogens (tertiary/aromatic N) is 1. The number of nitrogens with one attached hydrogen (secondary N) is 1. The average molecular weight is 291 g/mol. The number of aliphatic hydroxyl groups excluding tert-OH is 1. The predicted octanol–water partition coefficient (Wildman–Crippen LogP) is 1.19. The number of ether oxygens (including phenoxy) is 1. The molecule has 1 aliphatic heterocycles. The van der Waals surface area contributed by atoms with Crippen LogP contribution in [0.15, 0.2) is 18.2 Å². The number of rotatable bonds is 4. The number of aliphatic hydroxyl groups is 1. The van der Waals surface area contributed by atoms with Crippen LogP contribution < -0.4 is 10.1 Å². The topological polar surface area (TPSA) is 44.7 Å². The van der Waals surface area contributed by atoms with Crippen molar-refractivity contribution in [2.45, 2.75) is 6.04 Å². The molecule has 0 aliphatic carbocycles. The van der Waals surface area contributed by atoms with Gasteiger partial charge in [0.25, 0.3) is 0 Å². The first-order valence-corrected chi connectivity index (χ1v) is 6.15. The fraction of sp³-hybridized carbons (Fsp3) is 0.538. The second-order valence-electron chi connectivity index (χ2n) is 4.37. The summed E-state index contributed by atoms with van der Waals surface area (Å²) in [5.41, 5.74) is 0.499. The second-order valence-corrected chi connectivity index (χ2v) is 4.37. The Bertz CT molecular complexity index is 400. The summed E-state index contributed by atoms with van der Waals surface area (Å²) >= 11 is 0. The predicted molar refractivity (Wildman–Crippen MR) is 74.5 cm³/mol. The van der Waals surface area contributed by atoms with E-state index in [1.165, 1.54) is 6.07 Å². The Morgan fingerprint density at radius 3 is 2.68 bits per heavy atom. The number of piperazine rings is 1. The first-order valence-electron chi connectivity index (χ1n) is 6.15. The van der Waals surface area contributed by atoms with Crippen LogP contribution in [0.5, 0.6) is 5.75 Å². The lowest BCUT2D eigenvalue weighted by Gasteiger charge is -2.34. The van der Waals surface area contributed by atoms with E-state index in [1.54, 1.807) is 19.2 Å². The molecule has 19 heavy (non-hydrogen) atoms. The lowest BCUT2D eigenvalue weighted by molar-refractivity contribution is 0.108. The summed E-state index contributed by atoms with van der Waals surface area (Å²) in [4.78, 5) is 2.09. The molecule has 2 N–H and O–H groups in total. The summed E-state index contributed by atoms with van der Waals surface area (Å²) < 4.78 is 19.0. The maximum absolute atomic E-state index is 13.9. The molecule has 1 aromatic rings. The van der Waals surface area contributed by atoms with Crippen LogP contribution in [0.25, 0.3) is 0 Å². The summed E-state index contributed by atoms with van der Waals surface area (Å²) in [5.74, 6) is 0.313. The average Bonchev–Trinajstić information content (AvgIpc) is 2.43. The highest BCUT2D eigenvalue weighted by Gasteiger charge is 2.24. The van der Waals surface area contributed by atoms with Gasteiger partial charge in [0.1, 0.15) is 11.6 Å². The minimum absolute atomic E-state index is 0. The first kappa shape index (κ1) is 16.2. The van der Waals surface area contributed by atoms with Crippen molar-refractivity contribution in [3.63, 3.8) is 0 Å². The third-order valence-electron chi connectivity index (χ3n) is 3.33. The van der Waals surface area contributed by atoms with E-state index in [-0.39, 0.29) is 30.9 Å². The van der Waals surface area contributed by atoms with Gasteiger partial charge in [0.15, 0.2) is 0 Å². The van der Waals surface area contributed by atoms with Gasteiger partial charge in [-0.3, -0.25) is 4.90 Å². The summed E-state index contributed by atoms with van der Waals surface area (Å²) in [6, 6.07) is 4.34. The lowest BCUT2D eigenvalue weighted by Crippen LogP contribution is -2.46. The molecule has 6 heteroatoms. The van der Waals surface area contributed by atoms with Crippen LogP contribution in [0.1, 0.15) is 11.6 Å². The molecule has 0 unspecified atom stereocenters. The Labute approximate surface area is 119 Å². The molecule has 108 valence electrons. The Morgan fingerprint density at radius 1 is 1.42 bits per heavy atom. The van der Waals surface area contributed by atoms with Crippen LogP contribution in [-0.2, 0) is 0 Å². The van der Waals surface area contributed by atoms with E-state index < -0.39 is 0 Å². The minimum atomic E-state index is -0.304. The van der Waals surface area contributed by atoms with E-state index in [0.717, 1.165) is 26.2 Å². The van der Waals surface area contributed by atoms with Crippen LogP contribution in [-0.4, -0.2) is 49.9 Å². The number of methoxy groups -OCH3 is 1. The standard InChI is InChI=1S/C13H19FN2O2.ClH/c1-18-10-2-3-12(14)11(8-10)13(9-17)16-6-4-15-5-7-16;/h2-3,8,13,15,17H,4-7,9H2,1H3;1H/t13-;/m0./s1. The van der Waals surface area contributed by atoms with Gasteiger partial charge in [0.05, 0.1) is 19.8 Å². The smallest absolute Gasteiger partial charge is 0.128 e. The molecule has 1 heterocycles. The van der Waals surface area contributed by atoms with E-state index in [9.17, 15) is 9.50 Å².